The maximum absolute atomic E-state index is 12.4. The molecule has 2 saturated heterocycles. The quantitative estimate of drug-likeness (QED) is 0.772. The van der Waals surface area contributed by atoms with Gasteiger partial charge in [-0.1, -0.05) is 0 Å². The van der Waals surface area contributed by atoms with E-state index in [1.807, 2.05) is 0 Å². The normalized spacial score (nSPS) is 22.5. The highest BCUT2D eigenvalue weighted by Crippen LogP contribution is 2.29. The van der Waals surface area contributed by atoms with Gasteiger partial charge in [0.2, 0.25) is 0 Å². The van der Waals surface area contributed by atoms with Crippen LogP contribution in [0, 0.1) is 16.7 Å². The van der Waals surface area contributed by atoms with Crippen molar-refractivity contribution in [2.45, 2.75) is 38.6 Å². The summed E-state index contributed by atoms with van der Waals surface area (Å²) in [5, 5.41) is 11.8. The van der Waals surface area contributed by atoms with E-state index in [1.54, 1.807) is 13.8 Å². The Morgan fingerprint density at radius 3 is 2.63 bits per heavy atom. The molecule has 0 aromatic carbocycles. The molecular formula is C13H19N3O3. The van der Waals surface area contributed by atoms with Crippen molar-refractivity contribution in [2.24, 2.45) is 5.41 Å². The Kier molecular flexibility index (Phi) is 3.50. The minimum absolute atomic E-state index is 0.172. The van der Waals surface area contributed by atoms with Gasteiger partial charge in [-0.05, 0) is 20.3 Å². The van der Waals surface area contributed by atoms with Crippen LogP contribution in [0.3, 0.4) is 0 Å². The third kappa shape index (κ3) is 2.56. The minimum Gasteiger partial charge on any atom is -0.381 e. The summed E-state index contributed by atoms with van der Waals surface area (Å²) in [6.07, 6.45) is 1.53. The monoisotopic (exact) mass is 265 g/mol. The first-order valence-electron chi connectivity index (χ1n) is 6.53. The van der Waals surface area contributed by atoms with Gasteiger partial charge in [-0.2, -0.15) is 5.26 Å². The largest absolute Gasteiger partial charge is 0.381 e. The van der Waals surface area contributed by atoms with Crippen LogP contribution in [-0.4, -0.2) is 42.1 Å². The van der Waals surface area contributed by atoms with Gasteiger partial charge in [-0.3, -0.25) is 9.69 Å². The van der Waals surface area contributed by atoms with Gasteiger partial charge < -0.3 is 10.1 Å². The molecule has 2 heterocycles. The highest BCUT2D eigenvalue weighted by Gasteiger charge is 2.51. The Bertz CT molecular complexity index is 433. The number of carbonyl (C=O) groups is 2. The van der Waals surface area contributed by atoms with Crippen LogP contribution in [0.5, 0.6) is 0 Å². The lowest BCUT2D eigenvalue weighted by Crippen LogP contribution is -2.51. The van der Waals surface area contributed by atoms with Crippen molar-refractivity contribution in [3.05, 3.63) is 0 Å². The van der Waals surface area contributed by atoms with Crippen molar-refractivity contribution in [2.75, 3.05) is 19.8 Å². The third-order valence-electron chi connectivity index (χ3n) is 3.86. The third-order valence-corrected chi connectivity index (χ3v) is 3.86. The number of ether oxygens (including phenoxy) is 1. The molecule has 6 heteroatoms. The Balaban J connectivity index is 2.05. The van der Waals surface area contributed by atoms with Gasteiger partial charge in [0.05, 0.1) is 11.5 Å². The SMILES string of the molecule is CC(C)(C#N)CCN1C(=O)NC2(CCOCC2)C1=O. The van der Waals surface area contributed by atoms with Crippen molar-refractivity contribution >= 4 is 11.9 Å². The summed E-state index contributed by atoms with van der Waals surface area (Å²) in [4.78, 5) is 25.6. The number of urea groups is 1. The second kappa shape index (κ2) is 4.82. The number of carbonyl (C=O) groups excluding carboxylic acids is 2. The molecule has 6 nitrogen and oxygen atoms in total. The van der Waals surface area contributed by atoms with E-state index in [-0.39, 0.29) is 18.5 Å². The molecule has 0 saturated carbocycles. The van der Waals surface area contributed by atoms with Crippen LogP contribution < -0.4 is 5.32 Å². The zero-order chi connectivity index (χ0) is 14.1. The van der Waals surface area contributed by atoms with Gasteiger partial charge in [0, 0.05) is 32.6 Å². The molecule has 1 N–H and O–H groups in total. The molecule has 2 rings (SSSR count). The molecule has 0 bridgehead atoms. The summed E-state index contributed by atoms with van der Waals surface area (Å²) in [5.74, 6) is -0.172. The summed E-state index contributed by atoms with van der Waals surface area (Å²) < 4.78 is 5.24. The van der Waals surface area contributed by atoms with Gasteiger partial charge in [-0.15, -0.1) is 0 Å². The second-order valence-electron chi connectivity index (χ2n) is 5.83. The van der Waals surface area contributed by atoms with E-state index in [0.29, 0.717) is 32.5 Å². The Labute approximate surface area is 112 Å². The van der Waals surface area contributed by atoms with Crippen molar-refractivity contribution in [1.82, 2.24) is 10.2 Å². The van der Waals surface area contributed by atoms with E-state index in [2.05, 4.69) is 11.4 Å². The summed E-state index contributed by atoms with van der Waals surface area (Å²) in [7, 11) is 0. The van der Waals surface area contributed by atoms with Crippen LogP contribution in [0.2, 0.25) is 0 Å². The summed E-state index contributed by atoms with van der Waals surface area (Å²) in [6.45, 7) is 4.87. The van der Waals surface area contributed by atoms with Crippen LogP contribution in [0.15, 0.2) is 0 Å². The summed E-state index contributed by atoms with van der Waals surface area (Å²) >= 11 is 0. The van der Waals surface area contributed by atoms with E-state index in [0.717, 1.165) is 0 Å². The zero-order valence-electron chi connectivity index (χ0n) is 11.4. The standard InChI is InChI=1S/C13H19N3O3/c1-12(2,9-14)3-6-16-10(17)13(15-11(16)18)4-7-19-8-5-13/h3-8H2,1-2H3,(H,15,18). The number of rotatable bonds is 3. The molecule has 0 aromatic rings. The molecule has 0 aromatic heterocycles. The number of nitrogens with one attached hydrogen (secondary N) is 1. The zero-order valence-corrected chi connectivity index (χ0v) is 11.4. The maximum atomic E-state index is 12.4. The molecular weight excluding hydrogens is 246 g/mol. The average Bonchev–Trinajstić information content (AvgIpc) is 2.60. The van der Waals surface area contributed by atoms with Gasteiger partial charge >= 0.3 is 6.03 Å². The van der Waals surface area contributed by atoms with E-state index >= 15 is 0 Å². The summed E-state index contributed by atoms with van der Waals surface area (Å²) in [6, 6.07) is 1.83. The fraction of sp³-hybridized carbons (Fsp3) is 0.769. The number of nitriles is 1. The molecule has 0 atom stereocenters. The van der Waals surface area contributed by atoms with Crippen LogP contribution in [0.1, 0.15) is 33.1 Å². The number of nitrogens with zero attached hydrogens (tertiary/aromatic N) is 2. The fourth-order valence-corrected chi connectivity index (χ4v) is 2.39. The minimum atomic E-state index is -0.772. The number of amides is 3. The molecule has 0 unspecified atom stereocenters. The molecule has 2 aliphatic rings. The predicted octanol–water partition coefficient (Wildman–Crippen LogP) is 1.03. The fourth-order valence-electron chi connectivity index (χ4n) is 2.39. The molecule has 2 fully saturated rings. The molecule has 104 valence electrons. The Morgan fingerprint density at radius 1 is 1.42 bits per heavy atom. The number of hydrogen-bond acceptors (Lipinski definition) is 4. The number of imide groups is 1. The highest BCUT2D eigenvalue weighted by molar-refractivity contribution is 6.07. The van der Waals surface area contributed by atoms with E-state index in [9.17, 15) is 9.59 Å². The smallest absolute Gasteiger partial charge is 0.325 e. The van der Waals surface area contributed by atoms with Crippen molar-refractivity contribution in [1.29, 1.82) is 5.26 Å². The first kappa shape index (κ1) is 13.8. The van der Waals surface area contributed by atoms with Gasteiger partial charge in [0.1, 0.15) is 5.54 Å². The molecule has 3 amide bonds. The topological polar surface area (TPSA) is 82.4 Å². The Hall–Kier alpha value is -1.61. The first-order valence-corrected chi connectivity index (χ1v) is 6.53. The maximum Gasteiger partial charge on any atom is 0.325 e. The van der Waals surface area contributed by atoms with Crippen LogP contribution in [0.25, 0.3) is 0 Å². The molecule has 19 heavy (non-hydrogen) atoms. The average molecular weight is 265 g/mol. The lowest BCUT2D eigenvalue weighted by atomic mass is 9.89. The number of hydrogen-bond donors (Lipinski definition) is 1. The van der Waals surface area contributed by atoms with Gasteiger partial charge in [0.25, 0.3) is 5.91 Å². The van der Waals surface area contributed by atoms with E-state index in [4.69, 9.17) is 10.00 Å². The molecule has 0 radical (unpaired) electrons. The van der Waals surface area contributed by atoms with Crippen molar-refractivity contribution in [3.8, 4) is 6.07 Å². The summed E-state index contributed by atoms with van der Waals surface area (Å²) in [5.41, 5.74) is -1.31. The lowest BCUT2D eigenvalue weighted by Gasteiger charge is -2.30. The van der Waals surface area contributed by atoms with Gasteiger partial charge in [0.15, 0.2) is 0 Å². The highest BCUT2D eigenvalue weighted by atomic mass is 16.5. The van der Waals surface area contributed by atoms with Crippen LogP contribution in [0.4, 0.5) is 4.79 Å². The van der Waals surface area contributed by atoms with E-state index < -0.39 is 11.0 Å². The van der Waals surface area contributed by atoms with Crippen LogP contribution in [-0.2, 0) is 9.53 Å². The van der Waals surface area contributed by atoms with Crippen molar-refractivity contribution < 1.29 is 14.3 Å². The first-order chi connectivity index (χ1) is 8.90. The lowest BCUT2D eigenvalue weighted by molar-refractivity contribution is -0.134. The second-order valence-corrected chi connectivity index (χ2v) is 5.83. The van der Waals surface area contributed by atoms with Gasteiger partial charge in [-0.25, -0.2) is 4.79 Å². The van der Waals surface area contributed by atoms with Crippen LogP contribution >= 0.6 is 0 Å². The Morgan fingerprint density at radius 2 is 2.05 bits per heavy atom. The van der Waals surface area contributed by atoms with Crippen molar-refractivity contribution in [3.63, 3.8) is 0 Å². The molecule has 1 spiro atoms. The van der Waals surface area contributed by atoms with E-state index in [1.165, 1.54) is 4.90 Å². The predicted molar refractivity (Wildman–Crippen MR) is 67.0 cm³/mol. The molecule has 2 aliphatic heterocycles. The molecule has 0 aliphatic carbocycles.